The molecule has 0 bridgehead atoms. The third kappa shape index (κ3) is 14.9. The van der Waals surface area contributed by atoms with Gasteiger partial charge in [-0.3, -0.25) is 9.59 Å². The van der Waals surface area contributed by atoms with Gasteiger partial charge in [0.25, 0.3) is 0 Å². The van der Waals surface area contributed by atoms with E-state index in [2.05, 4.69) is 24.4 Å². The van der Waals surface area contributed by atoms with Crippen molar-refractivity contribution in [2.45, 2.75) is 90.4 Å². The Morgan fingerprint density at radius 2 is 1.40 bits per heavy atom. The lowest BCUT2D eigenvalue weighted by molar-refractivity contribution is -0.146. The van der Waals surface area contributed by atoms with Crippen LogP contribution in [0.2, 0.25) is 0 Å². The molecule has 0 aromatic carbocycles. The van der Waals surface area contributed by atoms with E-state index >= 15 is 0 Å². The van der Waals surface area contributed by atoms with Crippen molar-refractivity contribution in [3.05, 3.63) is 12.2 Å². The van der Waals surface area contributed by atoms with Gasteiger partial charge >= 0.3 is 5.97 Å². The quantitative estimate of drug-likeness (QED) is 0.204. The highest BCUT2D eigenvalue weighted by atomic mass is 16.4. The van der Waals surface area contributed by atoms with Gasteiger partial charge in [0.2, 0.25) is 0 Å². The van der Waals surface area contributed by atoms with E-state index in [1.165, 1.54) is 44.9 Å². The van der Waals surface area contributed by atoms with Gasteiger partial charge in [0.1, 0.15) is 5.92 Å². The number of unbranched alkanes of at least 4 members (excludes halogenated alkanes) is 10. The van der Waals surface area contributed by atoms with Crippen LogP contribution in [0.3, 0.4) is 0 Å². The highest BCUT2D eigenvalue weighted by Crippen LogP contribution is 2.14. The number of carboxylic acid groups (broad SMARTS) is 1. The number of aliphatic carboxylic acids is 1. The summed E-state index contributed by atoms with van der Waals surface area (Å²) in [5.41, 5.74) is 0. The Bertz CT molecular complexity index is 366. The second-order valence-electron chi connectivity index (χ2n) is 6.91. The maximum atomic E-state index is 11.7. The van der Waals surface area contributed by atoms with Crippen LogP contribution in [-0.4, -0.2) is 30.5 Å². The summed E-state index contributed by atoms with van der Waals surface area (Å²) in [5.74, 6) is -2.05. The van der Waals surface area contributed by atoms with E-state index in [1.54, 1.807) is 7.05 Å². The topological polar surface area (TPSA) is 66.4 Å². The van der Waals surface area contributed by atoms with Crippen LogP contribution in [0.4, 0.5) is 0 Å². The molecule has 0 saturated heterocycles. The minimum atomic E-state index is -0.988. The number of carbonyl (C=O) groups is 2. The molecule has 2 N–H and O–H groups in total. The molecular formula is C21H39NO3. The zero-order valence-electron chi connectivity index (χ0n) is 16.4. The van der Waals surface area contributed by atoms with E-state index in [9.17, 15) is 9.59 Å². The zero-order valence-corrected chi connectivity index (χ0v) is 16.4. The average molecular weight is 354 g/mol. The minimum absolute atomic E-state index is 0.139. The first-order valence-corrected chi connectivity index (χ1v) is 10.2. The van der Waals surface area contributed by atoms with Crippen LogP contribution in [0.5, 0.6) is 0 Å². The van der Waals surface area contributed by atoms with Crippen molar-refractivity contribution in [2.75, 3.05) is 13.6 Å². The van der Waals surface area contributed by atoms with Crippen LogP contribution in [0.25, 0.3) is 0 Å². The second-order valence-corrected chi connectivity index (χ2v) is 6.91. The van der Waals surface area contributed by atoms with Crippen molar-refractivity contribution in [1.82, 2.24) is 5.32 Å². The molecule has 0 rings (SSSR count). The summed E-state index contributed by atoms with van der Waals surface area (Å²) < 4.78 is 0. The normalized spacial score (nSPS) is 12.6. The van der Waals surface area contributed by atoms with Crippen molar-refractivity contribution < 1.29 is 14.7 Å². The molecule has 0 fully saturated rings. The lowest BCUT2D eigenvalue weighted by Crippen LogP contribution is -2.31. The number of hydrogen-bond acceptors (Lipinski definition) is 3. The van der Waals surface area contributed by atoms with E-state index in [0.29, 0.717) is 6.42 Å². The van der Waals surface area contributed by atoms with E-state index in [0.717, 1.165) is 32.1 Å². The molecule has 25 heavy (non-hydrogen) atoms. The first-order valence-electron chi connectivity index (χ1n) is 10.2. The number of rotatable bonds is 18. The third-order valence-electron chi connectivity index (χ3n) is 4.54. The predicted octanol–water partition coefficient (Wildman–Crippen LogP) is 5.12. The highest BCUT2D eigenvalue weighted by Gasteiger charge is 2.24. The molecule has 4 heteroatoms. The molecule has 0 aliphatic carbocycles. The van der Waals surface area contributed by atoms with Gasteiger partial charge in [0.05, 0.1) is 6.54 Å². The first-order chi connectivity index (χ1) is 12.1. The molecule has 0 aromatic rings. The zero-order chi connectivity index (χ0) is 18.8. The van der Waals surface area contributed by atoms with E-state index in [1.807, 2.05) is 0 Å². The highest BCUT2D eigenvalue weighted by molar-refractivity contribution is 5.99. The van der Waals surface area contributed by atoms with Crippen LogP contribution in [0.15, 0.2) is 12.2 Å². The number of hydrogen-bond donors (Lipinski definition) is 2. The van der Waals surface area contributed by atoms with Gasteiger partial charge in [-0.2, -0.15) is 0 Å². The molecule has 0 spiro atoms. The summed E-state index contributed by atoms with van der Waals surface area (Å²) in [4.78, 5) is 22.8. The van der Waals surface area contributed by atoms with Gasteiger partial charge in [0.15, 0.2) is 5.78 Å². The molecular weight excluding hydrogens is 314 g/mol. The summed E-state index contributed by atoms with van der Waals surface area (Å²) in [6.07, 6.45) is 19.5. The molecule has 4 nitrogen and oxygen atoms in total. The van der Waals surface area contributed by atoms with Crippen molar-refractivity contribution in [1.29, 1.82) is 0 Å². The number of allylic oxidation sites excluding steroid dienone is 2. The lowest BCUT2D eigenvalue weighted by atomic mass is 9.96. The van der Waals surface area contributed by atoms with Crippen LogP contribution in [-0.2, 0) is 9.59 Å². The molecule has 0 heterocycles. The Labute approximate surface area is 154 Å². The van der Waals surface area contributed by atoms with E-state index in [-0.39, 0.29) is 12.3 Å². The van der Waals surface area contributed by atoms with Gasteiger partial charge < -0.3 is 10.4 Å². The fraction of sp³-hybridized carbons (Fsp3) is 0.810. The van der Waals surface area contributed by atoms with E-state index in [4.69, 9.17) is 5.11 Å². The molecule has 0 amide bonds. The average Bonchev–Trinajstić information content (AvgIpc) is 2.58. The molecule has 0 aliphatic rings. The summed E-state index contributed by atoms with van der Waals surface area (Å²) in [7, 11) is 1.66. The summed E-state index contributed by atoms with van der Waals surface area (Å²) >= 11 is 0. The van der Waals surface area contributed by atoms with Gasteiger partial charge in [-0.05, 0) is 39.2 Å². The number of nitrogens with one attached hydrogen (secondary N) is 1. The molecule has 0 radical (unpaired) electrons. The van der Waals surface area contributed by atoms with Crippen molar-refractivity contribution in [3.8, 4) is 0 Å². The van der Waals surface area contributed by atoms with Gasteiger partial charge in [0, 0.05) is 0 Å². The molecule has 0 aliphatic heterocycles. The van der Waals surface area contributed by atoms with Crippen LogP contribution < -0.4 is 5.32 Å². The van der Waals surface area contributed by atoms with Gasteiger partial charge in [-0.25, -0.2) is 0 Å². The monoisotopic (exact) mass is 353 g/mol. The molecule has 1 unspecified atom stereocenters. The fourth-order valence-electron chi connectivity index (χ4n) is 2.96. The fourth-order valence-corrected chi connectivity index (χ4v) is 2.96. The number of likely N-dealkylation sites (N-methyl/N-ethyl adjacent to an activating group) is 1. The molecule has 1 atom stereocenters. The number of carbonyl (C=O) groups excluding carboxylic acids is 1. The number of carboxylic acids is 1. The molecule has 0 saturated carbocycles. The first kappa shape index (κ1) is 23.8. The second kappa shape index (κ2) is 17.7. The molecule has 0 aromatic heterocycles. The SMILES string of the molecule is CCCCCCCC/C=C\CCCCCCC(C(=O)O)C(=O)CNC. The summed E-state index contributed by atoms with van der Waals surface area (Å²) in [6.45, 7) is 2.39. The number of Topliss-reactive ketones (excluding diaryl/α,β-unsaturated/α-hetero) is 1. The van der Waals surface area contributed by atoms with Crippen LogP contribution in [0.1, 0.15) is 90.4 Å². The Morgan fingerprint density at radius 1 is 0.880 bits per heavy atom. The largest absolute Gasteiger partial charge is 0.481 e. The molecule has 146 valence electrons. The Hall–Kier alpha value is -1.16. The maximum absolute atomic E-state index is 11.7. The Kier molecular flexibility index (Phi) is 16.8. The van der Waals surface area contributed by atoms with Crippen molar-refractivity contribution >= 4 is 11.8 Å². The van der Waals surface area contributed by atoms with Crippen LogP contribution >= 0.6 is 0 Å². The smallest absolute Gasteiger partial charge is 0.314 e. The van der Waals surface area contributed by atoms with E-state index < -0.39 is 11.9 Å². The maximum Gasteiger partial charge on any atom is 0.314 e. The number of ketones is 1. The lowest BCUT2D eigenvalue weighted by Gasteiger charge is -2.10. The Morgan fingerprint density at radius 3 is 1.92 bits per heavy atom. The minimum Gasteiger partial charge on any atom is -0.481 e. The van der Waals surface area contributed by atoms with Crippen molar-refractivity contribution in [3.63, 3.8) is 0 Å². The third-order valence-corrected chi connectivity index (χ3v) is 4.54. The standard InChI is InChI=1S/C21H39NO3/c1-3-4-5-6-7-8-9-10-11-12-13-14-15-16-17-19(21(24)25)20(23)18-22-2/h10-11,19,22H,3-9,12-18H2,1-2H3,(H,24,25)/b11-10-. The predicted molar refractivity (Wildman–Crippen MR) is 105 cm³/mol. The summed E-state index contributed by atoms with van der Waals surface area (Å²) in [6, 6.07) is 0. The van der Waals surface area contributed by atoms with Crippen molar-refractivity contribution in [2.24, 2.45) is 5.92 Å². The Balaban J connectivity index is 3.51. The summed E-state index contributed by atoms with van der Waals surface area (Å²) in [5, 5.41) is 11.9. The van der Waals surface area contributed by atoms with Gasteiger partial charge in [-0.1, -0.05) is 70.4 Å². The van der Waals surface area contributed by atoms with Gasteiger partial charge in [-0.15, -0.1) is 0 Å². The van der Waals surface area contributed by atoms with Crippen LogP contribution in [0, 0.1) is 5.92 Å².